The summed E-state index contributed by atoms with van der Waals surface area (Å²) in [7, 11) is 0. The number of anilines is 1. The molecule has 0 saturated carbocycles. The number of rotatable bonds is 3. The average molecular weight is 379 g/mol. The summed E-state index contributed by atoms with van der Waals surface area (Å²) in [6.45, 7) is 3.68. The second-order valence-electron chi connectivity index (χ2n) is 7.02. The molecule has 0 bridgehead atoms. The van der Waals surface area contributed by atoms with Gasteiger partial charge in [-0.3, -0.25) is 29.4 Å². The molecule has 0 radical (unpaired) electrons. The molecule has 0 unspecified atom stereocenters. The molecule has 2 aliphatic rings. The van der Waals surface area contributed by atoms with E-state index >= 15 is 0 Å². The van der Waals surface area contributed by atoms with Gasteiger partial charge in [-0.2, -0.15) is 0 Å². The minimum absolute atomic E-state index is 0.109. The summed E-state index contributed by atoms with van der Waals surface area (Å²) in [6.07, 6.45) is 0.563. The van der Waals surface area contributed by atoms with Crippen LogP contribution in [0.25, 0.3) is 0 Å². The quantitative estimate of drug-likeness (QED) is 0.463. The Morgan fingerprint density at radius 1 is 1.11 bits per heavy atom. The smallest absolute Gasteiger partial charge is 0.271 e. The first kappa shape index (κ1) is 17.8. The highest BCUT2D eigenvalue weighted by atomic mass is 16.6. The molecule has 4 rings (SSSR count). The number of amides is 3. The van der Waals surface area contributed by atoms with E-state index in [4.69, 9.17) is 0 Å². The summed E-state index contributed by atoms with van der Waals surface area (Å²) in [5.41, 5.74) is 2.60. The topological polar surface area (TPSA) is 101 Å². The number of imide groups is 1. The Bertz CT molecular complexity index is 1060. The number of hydrogen-bond acceptors (Lipinski definition) is 5. The number of hydrogen-bond donors (Lipinski definition) is 0. The Morgan fingerprint density at radius 3 is 2.54 bits per heavy atom. The zero-order valence-corrected chi connectivity index (χ0v) is 15.3. The number of nitro benzene ring substituents is 1. The third-order valence-corrected chi connectivity index (χ3v) is 5.26. The van der Waals surface area contributed by atoms with Crippen molar-refractivity contribution in [3.05, 3.63) is 68.8 Å². The number of non-ortho nitro benzene ring substituents is 1. The number of aryl methyl sites for hydroxylation is 1. The highest BCUT2D eigenvalue weighted by Gasteiger charge is 2.43. The van der Waals surface area contributed by atoms with E-state index in [0.29, 0.717) is 24.2 Å². The number of carbonyl (C=O) groups excluding carboxylic acids is 3. The van der Waals surface area contributed by atoms with Crippen LogP contribution in [0, 0.1) is 17.0 Å². The summed E-state index contributed by atoms with van der Waals surface area (Å²) in [4.78, 5) is 51.5. The maximum Gasteiger partial charge on any atom is 0.271 e. The first-order chi connectivity index (χ1) is 13.3. The lowest BCUT2D eigenvalue weighted by atomic mass is 10.1. The third kappa shape index (κ3) is 2.57. The number of carbonyl (C=O) groups is 3. The summed E-state index contributed by atoms with van der Waals surface area (Å²) in [5, 5.41) is 11.1. The molecule has 142 valence electrons. The van der Waals surface area contributed by atoms with E-state index in [9.17, 15) is 24.5 Å². The van der Waals surface area contributed by atoms with Crippen LogP contribution in [0.3, 0.4) is 0 Å². The van der Waals surface area contributed by atoms with Crippen LogP contribution < -0.4 is 4.90 Å². The van der Waals surface area contributed by atoms with Crippen molar-refractivity contribution in [1.82, 2.24) is 4.90 Å². The molecule has 0 aliphatic carbocycles. The fraction of sp³-hybridized carbons (Fsp3) is 0.250. The predicted molar refractivity (Wildman–Crippen MR) is 100 cm³/mol. The van der Waals surface area contributed by atoms with Crippen molar-refractivity contribution in [2.45, 2.75) is 26.3 Å². The fourth-order valence-electron chi connectivity index (χ4n) is 3.77. The van der Waals surface area contributed by atoms with Gasteiger partial charge in [0.25, 0.3) is 17.5 Å². The van der Waals surface area contributed by atoms with E-state index < -0.39 is 28.7 Å². The fourth-order valence-corrected chi connectivity index (χ4v) is 3.77. The zero-order chi connectivity index (χ0) is 20.2. The predicted octanol–water partition coefficient (Wildman–Crippen LogP) is 2.48. The van der Waals surface area contributed by atoms with Crippen molar-refractivity contribution in [1.29, 1.82) is 0 Å². The summed E-state index contributed by atoms with van der Waals surface area (Å²) in [5.74, 6) is -1.44. The molecular weight excluding hydrogens is 362 g/mol. The first-order valence-corrected chi connectivity index (χ1v) is 8.87. The van der Waals surface area contributed by atoms with Gasteiger partial charge in [0.2, 0.25) is 5.91 Å². The van der Waals surface area contributed by atoms with E-state index in [0.717, 1.165) is 16.0 Å². The van der Waals surface area contributed by atoms with Crippen LogP contribution in [-0.4, -0.2) is 40.1 Å². The van der Waals surface area contributed by atoms with Gasteiger partial charge in [0.15, 0.2) is 0 Å². The summed E-state index contributed by atoms with van der Waals surface area (Å²) >= 11 is 0. The molecule has 8 heteroatoms. The molecule has 0 N–H and O–H groups in total. The molecule has 2 aromatic carbocycles. The SMILES string of the molecule is Cc1ccc2c(c1)C(=O)N([C@H](C)C(=O)N1CCc3ccc([N+](=O)[O-])cc31)C2=O. The zero-order valence-electron chi connectivity index (χ0n) is 15.3. The van der Waals surface area contributed by atoms with E-state index in [2.05, 4.69) is 0 Å². The Balaban J connectivity index is 1.64. The molecule has 0 aromatic heterocycles. The Hall–Kier alpha value is -3.55. The van der Waals surface area contributed by atoms with E-state index in [1.54, 1.807) is 24.3 Å². The minimum Gasteiger partial charge on any atom is -0.310 e. The number of nitrogens with zero attached hydrogens (tertiary/aromatic N) is 3. The van der Waals surface area contributed by atoms with Crippen LogP contribution in [0.5, 0.6) is 0 Å². The summed E-state index contributed by atoms with van der Waals surface area (Å²) in [6, 6.07) is 8.36. The van der Waals surface area contributed by atoms with E-state index in [-0.39, 0.29) is 11.3 Å². The van der Waals surface area contributed by atoms with Crippen LogP contribution in [-0.2, 0) is 11.2 Å². The van der Waals surface area contributed by atoms with Gasteiger partial charge in [-0.25, -0.2) is 0 Å². The van der Waals surface area contributed by atoms with Gasteiger partial charge < -0.3 is 4.90 Å². The van der Waals surface area contributed by atoms with Crippen LogP contribution in [0.2, 0.25) is 0 Å². The molecule has 2 heterocycles. The van der Waals surface area contributed by atoms with Gasteiger partial charge in [-0.05, 0) is 38.0 Å². The van der Waals surface area contributed by atoms with Gasteiger partial charge in [0.05, 0.1) is 21.7 Å². The highest BCUT2D eigenvalue weighted by molar-refractivity contribution is 6.23. The Labute approximate surface area is 160 Å². The van der Waals surface area contributed by atoms with Crippen LogP contribution in [0.1, 0.15) is 38.8 Å². The first-order valence-electron chi connectivity index (χ1n) is 8.87. The molecule has 0 saturated heterocycles. The average Bonchev–Trinajstić information content (AvgIpc) is 3.19. The van der Waals surface area contributed by atoms with Gasteiger partial charge in [-0.1, -0.05) is 17.7 Å². The molecule has 28 heavy (non-hydrogen) atoms. The third-order valence-electron chi connectivity index (χ3n) is 5.26. The Morgan fingerprint density at radius 2 is 1.82 bits per heavy atom. The second kappa shape index (κ2) is 6.26. The standard InChI is InChI=1S/C20H17N3O5/c1-11-3-6-15-16(9-11)20(26)22(19(15)25)12(2)18(24)21-8-7-13-4-5-14(23(27)28)10-17(13)21/h3-6,9-10,12H,7-8H2,1-2H3/t12-/m1/s1. The lowest BCUT2D eigenvalue weighted by molar-refractivity contribution is -0.384. The monoisotopic (exact) mass is 379 g/mol. The largest absolute Gasteiger partial charge is 0.310 e. The van der Waals surface area contributed by atoms with Crippen molar-refractivity contribution < 1.29 is 19.3 Å². The van der Waals surface area contributed by atoms with Crippen molar-refractivity contribution in [2.24, 2.45) is 0 Å². The maximum atomic E-state index is 13.1. The van der Waals surface area contributed by atoms with Crippen molar-refractivity contribution in [2.75, 3.05) is 11.4 Å². The van der Waals surface area contributed by atoms with Crippen molar-refractivity contribution in [3.63, 3.8) is 0 Å². The van der Waals surface area contributed by atoms with Crippen molar-refractivity contribution in [3.8, 4) is 0 Å². The summed E-state index contributed by atoms with van der Waals surface area (Å²) < 4.78 is 0. The lowest BCUT2D eigenvalue weighted by Gasteiger charge is -2.26. The van der Waals surface area contributed by atoms with Gasteiger partial charge >= 0.3 is 0 Å². The van der Waals surface area contributed by atoms with Crippen LogP contribution >= 0.6 is 0 Å². The normalized spacial score (nSPS) is 16.2. The van der Waals surface area contributed by atoms with Gasteiger partial charge in [0, 0.05) is 18.7 Å². The minimum atomic E-state index is -1.02. The molecule has 2 aromatic rings. The van der Waals surface area contributed by atoms with E-state index in [1.807, 2.05) is 6.92 Å². The van der Waals surface area contributed by atoms with Crippen molar-refractivity contribution >= 4 is 29.1 Å². The number of benzene rings is 2. The number of fused-ring (bicyclic) bond motifs is 2. The van der Waals surface area contributed by atoms with Gasteiger partial charge in [0.1, 0.15) is 6.04 Å². The molecule has 0 spiro atoms. The van der Waals surface area contributed by atoms with Gasteiger partial charge in [-0.15, -0.1) is 0 Å². The van der Waals surface area contributed by atoms with Crippen LogP contribution in [0.15, 0.2) is 36.4 Å². The highest BCUT2D eigenvalue weighted by Crippen LogP contribution is 2.33. The number of nitro groups is 1. The molecule has 1 atom stereocenters. The van der Waals surface area contributed by atoms with E-state index in [1.165, 1.54) is 24.0 Å². The van der Waals surface area contributed by atoms with Crippen LogP contribution in [0.4, 0.5) is 11.4 Å². The maximum absolute atomic E-state index is 13.1. The molecule has 8 nitrogen and oxygen atoms in total. The Kier molecular flexibility index (Phi) is 3.99. The lowest BCUT2D eigenvalue weighted by Crippen LogP contribution is -2.49. The second-order valence-corrected chi connectivity index (χ2v) is 7.02. The molecular formula is C20H17N3O5. The molecule has 2 aliphatic heterocycles. The molecule has 3 amide bonds. The molecule has 0 fully saturated rings.